The van der Waals surface area contributed by atoms with Gasteiger partial charge in [-0.05, 0) is 13.3 Å². The van der Waals surface area contributed by atoms with E-state index in [1.54, 1.807) is 0 Å². The maximum atomic E-state index is 10.4. The number of hydrogen-bond donors (Lipinski definition) is 0. The number of carbonyl (C=O) groups is 2. The molecule has 0 N–H and O–H groups in total. The van der Waals surface area contributed by atoms with Crippen molar-refractivity contribution in [2.75, 3.05) is 0 Å². The fraction of sp³-hybridized carbons (Fsp3) is 0.455. The monoisotopic (exact) mass is 214 g/mol. The van der Waals surface area contributed by atoms with Gasteiger partial charge in [-0.3, -0.25) is 4.79 Å². The van der Waals surface area contributed by atoms with Gasteiger partial charge in [-0.25, -0.2) is 4.79 Å². The normalized spacial score (nSPS) is 10.1. The van der Waals surface area contributed by atoms with E-state index in [0.717, 1.165) is 12.7 Å². The van der Waals surface area contributed by atoms with E-state index in [4.69, 9.17) is 4.74 Å². The molecule has 1 unspecified atom stereocenters. The van der Waals surface area contributed by atoms with Crippen molar-refractivity contribution in [1.82, 2.24) is 0 Å². The van der Waals surface area contributed by atoms with E-state index in [1.807, 2.05) is 13.8 Å². The first kappa shape index (κ1) is 15.9. The molecule has 0 aliphatic rings. The average Bonchev–Trinajstić information content (AvgIpc) is 2.18. The zero-order valence-electron chi connectivity index (χ0n) is 9.49. The quantitative estimate of drug-likeness (QED) is 0.409. The van der Waals surface area contributed by atoms with Crippen molar-refractivity contribution in [2.45, 2.75) is 33.3 Å². The predicted octanol–water partition coefficient (Wildman–Crippen LogP) is 2.21. The smallest absolute Gasteiger partial charge is 0.330 e. The molecule has 0 rings (SSSR count). The highest BCUT2D eigenvalue weighted by atomic mass is 16.5. The van der Waals surface area contributed by atoms with Gasteiger partial charge in [-0.15, -0.1) is 0 Å². The van der Waals surface area contributed by atoms with E-state index >= 15 is 0 Å². The van der Waals surface area contributed by atoms with Crippen LogP contribution in [0.3, 0.4) is 0 Å². The van der Waals surface area contributed by atoms with E-state index in [0.29, 0.717) is 0 Å². The molecular formula is C11H18O4. The average molecular weight is 214 g/mol. The van der Waals surface area contributed by atoms with Gasteiger partial charge in [0.2, 0.25) is 0 Å². The van der Waals surface area contributed by atoms with Crippen molar-refractivity contribution in [3.8, 4) is 0 Å². The summed E-state index contributed by atoms with van der Waals surface area (Å²) in [6, 6.07) is 0. The topological polar surface area (TPSA) is 52.6 Å². The molecule has 0 amide bonds. The molecule has 15 heavy (non-hydrogen) atoms. The second-order valence-corrected chi connectivity index (χ2v) is 2.64. The molecule has 1 atom stereocenters. The summed E-state index contributed by atoms with van der Waals surface area (Å²) >= 11 is 0. The van der Waals surface area contributed by atoms with Gasteiger partial charge in [0.1, 0.15) is 0 Å². The highest BCUT2D eigenvalue weighted by Gasteiger charge is 2.01. The predicted molar refractivity (Wildman–Crippen MR) is 58.0 cm³/mol. The lowest BCUT2D eigenvalue weighted by molar-refractivity contribution is -0.142. The van der Waals surface area contributed by atoms with Crippen LogP contribution in [-0.2, 0) is 19.1 Å². The van der Waals surface area contributed by atoms with Gasteiger partial charge in [-0.2, -0.15) is 0 Å². The van der Waals surface area contributed by atoms with Crippen molar-refractivity contribution in [3.63, 3.8) is 0 Å². The van der Waals surface area contributed by atoms with Crippen molar-refractivity contribution in [2.24, 2.45) is 0 Å². The molecule has 0 aliphatic carbocycles. The van der Waals surface area contributed by atoms with Crippen molar-refractivity contribution in [1.29, 1.82) is 0 Å². The van der Waals surface area contributed by atoms with E-state index in [-0.39, 0.29) is 18.0 Å². The molecule has 0 bridgehead atoms. The Labute approximate surface area is 90.6 Å². The van der Waals surface area contributed by atoms with Crippen LogP contribution in [0.5, 0.6) is 0 Å². The SMILES string of the molecule is C=CC(=O)OC(C)CC.C=COC(C)=O. The maximum Gasteiger partial charge on any atom is 0.330 e. The molecular weight excluding hydrogens is 196 g/mol. The Balaban J connectivity index is 0. The van der Waals surface area contributed by atoms with Crippen molar-refractivity contribution >= 4 is 11.9 Å². The Kier molecular flexibility index (Phi) is 11.1. The van der Waals surface area contributed by atoms with Crippen LogP contribution in [0.15, 0.2) is 25.5 Å². The molecule has 0 aromatic heterocycles. The number of ether oxygens (including phenoxy) is 2. The molecule has 4 heteroatoms. The van der Waals surface area contributed by atoms with Crippen molar-refractivity contribution in [3.05, 3.63) is 25.5 Å². The Morgan fingerprint density at radius 2 is 1.93 bits per heavy atom. The number of hydrogen-bond acceptors (Lipinski definition) is 4. The Morgan fingerprint density at radius 3 is 2.13 bits per heavy atom. The molecule has 0 aromatic rings. The van der Waals surface area contributed by atoms with Crippen LogP contribution in [0.25, 0.3) is 0 Å². The van der Waals surface area contributed by atoms with Crippen LogP contribution in [0, 0.1) is 0 Å². The summed E-state index contributed by atoms with van der Waals surface area (Å²) in [7, 11) is 0. The second kappa shape index (κ2) is 10.5. The van der Waals surface area contributed by atoms with Gasteiger partial charge >= 0.3 is 11.9 Å². The lowest BCUT2D eigenvalue weighted by Gasteiger charge is -2.07. The molecule has 0 aromatic carbocycles. The minimum atomic E-state index is -0.343. The second-order valence-electron chi connectivity index (χ2n) is 2.64. The highest BCUT2D eigenvalue weighted by molar-refractivity contribution is 5.81. The summed E-state index contributed by atoms with van der Waals surface area (Å²) in [6.45, 7) is 11.6. The third-order valence-corrected chi connectivity index (χ3v) is 1.31. The molecule has 0 radical (unpaired) electrons. The van der Waals surface area contributed by atoms with E-state index in [9.17, 15) is 9.59 Å². The minimum Gasteiger partial charge on any atom is -0.460 e. The minimum absolute atomic E-state index is 0.00972. The largest absolute Gasteiger partial charge is 0.460 e. The maximum absolute atomic E-state index is 10.4. The lowest BCUT2D eigenvalue weighted by Crippen LogP contribution is -2.10. The molecule has 4 nitrogen and oxygen atoms in total. The fourth-order valence-electron chi connectivity index (χ4n) is 0.447. The first-order chi connectivity index (χ1) is 6.97. The zero-order chi connectivity index (χ0) is 12.3. The Morgan fingerprint density at radius 1 is 1.40 bits per heavy atom. The number of rotatable bonds is 4. The first-order valence-corrected chi connectivity index (χ1v) is 4.59. The third-order valence-electron chi connectivity index (χ3n) is 1.31. The zero-order valence-corrected chi connectivity index (χ0v) is 9.49. The summed E-state index contributed by atoms with van der Waals surface area (Å²) < 4.78 is 8.96. The molecule has 0 spiro atoms. The fourth-order valence-corrected chi connectivity index (χ4v) is 0.447. The highest BCUT2D eigenvalue weighted by Crippen LogP contribution is 1.95. The Hall–Kier alpha value is -1.58. The molecule has 0 saturated heterocycles. The first-order valence-electron chi connectivity index (χ1n) is 4.59. The van der Waals surface area contributed by atoms with Gasteiger partial charge in [0, 0.05) is 13.0 Å². The third kappa shape index (κ3) is 15.2. The van der Waals surface area contributed by atoms with Crippen molar-refractivity contribution < 1.29 is 19.1 Å². The van der Waals surface area contributed by atoms with Crippen LogP contribution >= 0.6 is 0 Å². The van der Waals surface area contributed by atoms with E-state index < -0.39 is 0 Å². The number of esters is 2. The van der Waals surface area contributed by atoms with Gasteiger partial charge in [-0.1, -0.05) is 20.1 Å². The van der Waals surface area contributed by atoms with Gasteiger partial charge in [0.05, 0.1) is 12.4 Å². The molecule has 0 saturated carbocycles. The molecule has 0 aliphatic heterocycles. The molecule has 0 fully saturated rings. The van der Waals surface area contributed by atoms with Crippen LogP contribution in [-0.4, -0.2) is 18.0 Å². The summed E-state index contributed by atoms with van der Waals surface area (Å²) in [6.07, 6.45) is 3.13. The summed E-state index contributed by atoms with van der Waals surface area (Å²) in [4.78, 5) is 20.2. The summed E-state index contributed by atoms with van der Waals surface area (Å²) in [5.74, 6) is -0.672. The number of carbonyl (C=O) groups excluding carboxylic acids is 2. The summed E-state index contributed by atoms with van der Waals surface area (Å²) in [5.41, 5.74) is 0. The van der Waals surface area contributed by atoms with E-state index in [1.165, 1.54) is 13.0 Å². The van der Waals surface area contributed by atoms with Crippen LogP contribution in [0.2, 0.25) is 0 Å². The van der Waals surface area contributed by atoms with Gasteiger partial charge in [0.15, 0.2) is 0 Å². The standard InChI is InChI=1S/C7H12O2.C4H6O2/c1-4-6(3)9-7(8)5-2;1-3-6-4(2)5/h5-6H,2,4H2,1,3H3;3H,1H2,2H3. The molecule has 86 valence electrons. The van der Waals surface area contributed by atoms with Crippen LogP contribution in [0.4, 0.5) is 0 Å². The van der Waals surface area contributed by atoms with Crippen LogP contribution in [0.1, 0.15) is 27.2 Å². The lowest BCUT2D eigenvalue weighted by atomic mass is 10.3. The van der Waals surface area contributed by atoms with E-state index in [2.05, 4.69) is 17.9 Å². The molecule has 0 heterocycles. The van der Waals surface area contributed by atoms with Gasteiger partial charge in [0.25, 0.3) is 0 Å². The summed E-state index contributed by atoms with van der Waals surface area (Å²) in [5, 5.41) is 0. The van der Waals surface area contributed by atoms with Crippen LogP contribution < -0.4 is 0 Å². The Bertz CT molecular complexity index is 221. The van der Waals surface area contributed by atoms with Gasteiger partial charge < -0.3 is 9.47 Å².